The van der Waals surface area contributed by atoms with Crippen LogP contribution in [-0.2, 0) is 0 Å². The summed E-state index contributed by atoms with van der Waals surface area (Å²) in [4.78, 5) is 2.49. The summed E-state index contributed by atoms with van der Waals surface area (Å²) in [5.74, 6) is 0. The molecule has 0 aliphatic rings. The molecular weight excluding hydrogens is 719 g/mol. The van der Waals surface area contributed by atoms with E-state index in [0.29, 0.717) is 0 Å². The minimum absolute atomic E-state index is 1.10. The molecule has 2 heteroatoms. The van der Waals surface area contributed by atoms with E-state index in [2.05, 4.69) is 229 Å². The predicted octanol–water partition coefficient (Wildman–Crippen LogP) is 16.5. The quantitative estimate of drug-likeness (QED) is 0.146. The number of rotatable bonds is 7. The molecule has 0 aliphatic carbocycles. The van der Waals surface area contributed by atoms with Crippen LogP contribution in [0.3, 0.4) is 0 Å². The maximum Gasteiger partial charge on any atom is 0.0555 e. The zero-order chi connectivity index (χ0) is 38.4. The van der Waals surface area contributed by atoms with Crippen molar-refractivity contribution in [3.8, 4) is 44.5 Å². The minimum Gasteiger partial charge on any atom is -0.309 e. The van der Waals surface area contributed by atoms with Gasteiger partial charge in [0, 0.05) is 31.4 Å². The van der Waals surface area contributed by atoms with Gasteiger partial charge in [0.2, 0.25) is 0 Å². The fourth-order valence-corrected chi connectivity index (χ4v) is 10.00. The molecule has 0 atom stereocenters. The van der Waals surface area contributed by atoms with E-state index >= 15 is 0 Å². The first kappa shape index (κ1) is 34.0. The van der Waals surface area contributed by atoms with Crippen molar-refractivity contribution in [2.24, 2.45) is 0 Å². The first-order valence-corrected chi connectivity index (χ1v) is 20.7. The van der Waals surface area contributed by atoms with E-state index in [9.17, 15) is 0 Å². The van der Waals surface area contributed by atoms with Crippen LogP contribution in [-0.4, -0.2) is 0 Å². The zero-order valence-corrected chi connectivity index (χ0v) is 32.5. The third kappa shape index (κ3) is 5.77. The van der Waals surface area contributed by atoms with Crippen LogP contribution < -0.4 is 4.90 Å². The Morgan fingerprint density at radius 1 is 0.293 bits per heavy atom. The Bertz CT molecular complexity index is 3290. The zero-order valence-electron chi connectivity index (χ0n) is 31.7. The Kier molecular flexibility index (Phi) is 8.42. The number of nitrogens with zero attached hydrogens (tertiary/aromatic N) is 1. The van der Waals surface area contributed by atoms with Crippen molar-refractivity contribution in [3.05, 3.63) is 224 Å². The van der Waals surface area contributed by atoms with Crippen LogP contribution in [0.5, 0.6) is 0 Å². The lowest BCUT2D eigenvalue weighted by Crippen LogP contribution is -2.11. The molecule has 1 aromatic heterocycles. The molecule has 272 valence electrons. The number of anilines is 3. The summed E-state index contributed by atoms with van der Waals surface area (Å²) in [6.07, 6.45) is 0. The Balaban J connectivity index is 1.13. The topological polar surface area (TPSA) is 3.24 Å². The van der Waals surface area contributed by atoms with Crippen molar-refractivity contribution in [2.45, 2.75) is 0 Å². The first-order valence-electron chi connectivity index (χ1n) is 19.8. The summed E-state index contributed by atoms with van der Waals surface area (Å²) < 4.78 is 2.57. The molecule has 0 N–H and O–H groups in total. The average molecular weight is 756 g/mol. The third-order valence-electron chi connectivity index (χ3n) is 11.5. The Morgan fingerprint density at radius 3 is 1.59 bits per heavy atom. The number of fused-ring (bicyclic) bond motifs is 6. The van der Waals surface area contributed by atoms with E-state index in [1.54, 1.807) is 0 Å². The van der Waals surface area contributed by atoms with Gasteiger partial charge < -0.3 is 4.90 Å². The van der Waals surface area contributed by atoms with Gasteiger partial charge in [-0.15, -0.1) is 11.3 Å². The van der Waals surface area contributed by atoms with E-state index in [1.165, 1.54) is 86.2 Å². The number of benzene rings is 10. The van der Waals surface area contributed by atoms with E-state index in [1.807, 2.05) is 11.3 Å². The summed E-state index contributed by atoms with van der Waals surface area (Å²) in [5.41, 5.74) is 13.0. The summed E-state index contributed by atoms with van der Waals surface area (Å²) in [6, 6.07) is 82.0. The summed E-state index contributed by atoms with van der Waals surface area (Å²) >= 11 is 1.86. The molecule has 0 saturated carbocycles. The van der Waals surface area contributed by atoms with Gasteiger partial charge >= 0.3 is 0 Å². The van der Waals surface area contributed by atoms with Crippen molar-refractivity contribution < 1.29 is 0 Å². The van der Waals surface area contributed by atoms with Crippen molar-refractivity contribution >= 4 is 70.1 Å². The van der Waals surface area contributed by atoms with Crippen molar-refractivity contribution in [2.75, 3.05) is 4.90 Å². The lowest BCUT2D eigenvalue weighted by molar-refractivity contribution is 1.30. The Labute approximate surface area is 342 Å². The Hall–Kier alpha value is -7.26. The molecule has 10 aromatic carbocycles. The van der Waals surface area contributed by atoms with Crippen molar-refractivity contribution in [3.63, 3.8) is 0 Å². The highest BCUT2D eigenvalue weighted by Crippen LogP contribution is 2.49. The van der Waals surface area contributed by atoms with Gasteiger partial charge in [0.1, 0.15) is 0 Å². The predicted molar refractivity (Wildman–Crippen MR) is 251 cm³/mol. The molecule has 0 amide bonds. The Morgan fingerprint density at radius 2 is 0.810 bits per heavy atom. The van der Waals surface area contributed by atoms with Crippen LogP contribution in [0.4, 0.5) is 17.1 Å². The molecule has 0 fully saturated rings. The van der Waals surface area contributed by atoms with Crippen LogP contribution in [0.15, 0.2) is 224 Å². The molecule has 0 radical (unpaired) electrons. The van der Waals surface area contributed by atoms with E-state index in [-0.39, 0.29) is 0 Å². The number of thiophene rings is 1. The van der Waals surface area contributed by atoms with Gasteiger partial charge in [0.15, 0.2) is 0 Å². The minimum atomic E-state index is 1.10. The summed E-state index contributed by atoms with van der Waals surface area (Å²) in [5, 5.41) is 7.61. The molecule has 11 aromatic rings. The van der Waals surface area contributed by atoms with Crippen LogP contribution in [0.25, 0.3) is 86.2 Å². The maximum atomic E-state index is 2.49. The van der Waals surface area contributed by atoms with E-state index < -0.39 is 0 Å². The SMILES string of the molecule is c1ccc(-c2ccccc2-c2ccccc2-c2ccccc2N(c2ccc(-c3cc4ccccc4c4ccccc34)cc2)c2cccc3sc4ccccc4c23)cc1. The maximum absolute atomic E-state index is 2.49. The number of hydrogen-bond acceptors (Lipinski definition) is 2. The summed E-state index contributed by atoms with van der Waals surface area (Å²) in [7, 11) is 0. The van der Waals surface area contributed by atoms with Crippen LogP contribution in [0.2, 0.25) is 0 Å². The molecule has 0 aliphatic heterocycles. The van der Waals surface area contributed by atoms with Gasteiger partial charge in [0.05, 0.1) is 11.4 Å². The van der Waals surface area contributed by atoms with E-state index in [0.717, 1.165) is 17.1 Å². The average Bonchev–Trinajstić information content (AvgIpc) is 3.69. The smallest absolute Gasteiger partial charge is 0.0555 e. The molecule has 0 saturated heterocycles. The van der Waals surface area contributed by atoms with Crippen LogP contribution in [0.1, 0.15) is 0 Å². The monoisotopic (exact) mass is 755 g/mol. The first-order chi connectivity index (χ1) is 28.8. The lowest BCUT2D eigenvalue weighted by atomic mass is 9.88. The molecule has 0 bridgehead atoms. The van der Waals surface area contributed by atoms with Gasteiger partial charge in [-0.2, -0.15) is 0 Å². The third-order valence-corrected chi connectivity index (χ3v) is 12.6. The summed E-state index contributed by atoms with van der Waals surface area (Å²) in [6.45, 7) is 0. The molecular formula is C56H37NS. The van der Waals surface area contributed by atoms with E-state index in [4.69, 9.17) is 0 Å². The van der Waals surface area contributed by atoms with Gasteiger partial charge in [0.25, 0.3) is 0 Å². The standard InChI is InChI=1S/C56H37NS/c1-2-17-38(18-3-1)42-20-6-7-22-44(42)46-24-9-10-25-47(46)49-27-12-14-29-52(49)57(53-30-16-32-55-56(53)50-28-13-15-31-54(50)58-55)41-35-33-39(34-36-41)51-37-40-19-4-5-21-43(40)45-23-8-11-26-48(45)51/h1-37H. The molecule has 1 nitrogen and oxygen atoms in total. The van der Waals surface area contributed by atoms with Crippen LogP contribution >= 0.6 is 11.3 Å². The highest BCUT2D eigenvalue weighted by molar-refractivity contribution is 7.26. The van der Waals surface area contributed by atoms with Crippen LogP contribution in [0, 0.1) is 0 Å². The highest BCUT2D eigenvalue weighted by Gasteiger charge is 2.23. The number of para-hydroxylation sites is 1. The fourth-order valence-electron chi connectivity index (χ4n) is 8.87. The van der Waals surface area contributed by atoms with Crippen molar-refractivity contribution in [1.29, 1.82) is 0 Å². The molecule has 11 rings (SSSR count). The molecule has 0 unspecified atom stereocenters. The van der Waals surface area contributed by atoms with Gasteiger partial charge in [-0.1, -0.05) is 182 Å². The second-order valence-corrected chi connectivity index (χ2v) is 15.9. The molecule has 0 spiro atoms. The highest BCUT2D eigenvalue weighted by atomic mass is 32.1. The molecule has 58 heavy (non-hydrogen) atoms. The normalized spacial score (nSPS) is 11.4. The van der Waals surface area contributed by atoms with Gasteiger partial charge in [-0.05, 0) is 103 Å². The van der Waals surface area contributed by atoms with Gasteiger partial charge in [-0.3, -0.25) is 0 Å². The largest absolute Gasteiger partial charge is 0.309 e. The second-order valence-electron chi connectivity index (χ2n) is 14.8. The lowest BCUT2D eigenvalue weighted by Gasteiger charge is -2.29. The van der Waals surface area contributed by atoms with Gasteiger partial charge in [-0.25, -0.2) is 0 Å². The fraction of sp³-hybridized carbons (Fsp3) is 0. The second kappa shape index (κ2) is 14.4. The molecule has 1 heterocycles. The van der Waals surface area contributed by atoms with Crippen molar-refractivity contribution in [1.82, 2.24) is 0 Å². The number of hydrogen-bond donors (Lipinski definition) is 0.